The van der Waals surface area contributed by atoms with Crippen LogP contribution in [-0.2, 0) is 17.6 Å². The fourth-order valence-electron chi connectivity index (χ4n) is 4.34. The summed E-state index contributed by atoms with van der Waals surface area (Å²) in [6.07, 6.45) is 6.22. The van der Waals surface area contributed by atoms with Gasteiger partial charge in [-0.15, -0.1) is 11.8 Å². The van der Waals surface area contributed by atoms with Crippen LogP contribution in [0.4, 0.5) is 8.78 Å². The van der Waals surface area contributed by atoms with Gasteiger partial charge in [0.1, 0.15) is 11.6 Å². The third-order valence-corrected chi connectivity index (χ3v) is 7.90. The first-order chi connectivity index (χ1) is 15.2. The number of benzene rings is 2. The van der Waals surface area contributed by atoms with Crippen LogP contribution in [0.1, 0.15) is 76.0 Å². The lowest BCUT2D eigenvalue weighted by molar-refractivity contribution is 0.150. The van der Waals surface area contributed by atoms with Crippen molar-refractivity contribution in [1.29, 1.82) is 0 Å². The molecule has 0 bridgehead atoms. The Morgan fingerprint density at radius 3 is 2.34 bits per heavy atom. The van der Waals surface area contributed by atoms with Crippen LogP contribution in [0, 0.1) is 11.6 Å². The molecule has 0 radical (unpaired) electrons. The van der Waals surface area contributed by atoms with Crippen molar-refractivity contribution >= 4 is 11.8 Å². The monoisotopic (exact) mass is 461 g/mol. The lowest BCUT2D eigenvalue weighted by atomic mass is 9.86. The summed E-state index contributed by atoms with van der Waals surface area (Å²) < 4.78 is 26.8. The average Bonchev–Trinajstić information content (AvgIpc) is 2.75. The van der Waals surface area contributed by atoms with Gasteiger partial charge in [0.15, 0.2) is 0 Å². The van der Waals surface area contributed by atoms with E-state index in [1.165, 1.54) is 42.5 Å². The Kier molecular flexibility index (Phi) is 8.76. The average molecular weight is 462 g/mol. The summed E-state index contributed by atoms with van der Waals surface area (Å²) in [5.41, 5.74) is 3.41. The van der Waals surface area contributed by atoms with Crippen molar-refractivity contribution in [1.82, 2.24) is 5.32 Å². The van der Waals surface area contributed by atoms with Gasteiger partial charge in [0.05, 0.1) is 11.0 Å². The molecule has 1 fully saturated rings. The molecule has 1 atom stereocenters. The molecular formula is C27H37F2NOS. The van der Waals surface area contributed by atoms with Gasteiger partial charge in [-0.25, -0.2) is 8.78 Å². The summed E-state index contributed by atoms with van der Waals surface area (Å²) in [5, 5.41) is 14.2. The molecule has 2 N–H and O–H groups in total. The largest absolute Gasteiger partial charge is 0.392 e. The molecule has 3 rings (SSSR count). The topological polar surface area (TPSA) is 32.3 Å². The third kappa shape index (κ3) is 7.57. The Hall–Kier alpha value is -1.43. The molecule has 0 heterocycles. The number of hydrogen-bond acceptors (Lipinski definition) is 3. The molecule has 32 heavy (non-hydrogen) atoms. The fraction of sp³-hybridized carbons (Fsp3) is 0.556. The van der Waals surface area contributed by atoms with E-state index in [4.69, 9.17) is 0 Å². The molecule has 2 nitrogen and oxygen atoms in total. The standard InChI is InChI=1S/C27H37F2NOS/c1-26(2,3)22-9-7-8-21(14-22)19-32-27(12-5-4-6-13-27)30-18-25(31)11-10-20-15-23(28)17-24(29)16-20/h7-9,14-17,25,30-31H,4-6,10-13,18-19H2,1-3H3. The van der Waals surface area contributed by atoms with E-state index in [9.17, 15) is 13.9 Å². The third-order valence-electron chi connectivity index (χ3n) is 6.32. The minimum absolute atomic E-state index is 0.0259. The molecule has 0 aliphatic heterocycles. The highest BCUT2D eigenvalue weighted by molar-refractivity contribution is 7.99. The minimum Gasteiger partial charge on any atom is -0.392 e. The van der Waals surface area contributed by atoms with Gasteiger partial charge in [0.25, 0.3) is 0 Å². The second-order valence-corrected chi connectivity index (χ2v) is 11.5. The van der Waals surface area contributed by atoms with Crippen molar-refractivity contribution in [2.24, 2.45) is 0 Å². The summed E-state index contributed by atoms with van der Waals surface area (Å²) in [6, 6.07) is 12.4. The molecule has 0 spiro atoms. The van der Waals surface area contributed by atoms with E-state index in [0.717, 1.165) is 24.7 Å². The Bertz CT molecular complexity index is 854. The number of aliphatic hydroxyl groups excluding tert-OH is 1. The lowest BCUT2D eigenvalue weighted by Crippen LogP contribution is -2.47. The van der Waals surface area contributed by atoms with Crippen LogP contribution in [0.25, 0.3) is 0 Å². The normalized spacial score (nSPS) is 17.3. The second-order valence-electron chi connectivity index (χ2n) is 10.1. The molecule has 5 heteroatoms. The van der Waals surface area contributed by atoms with E-state index >= 15 is 0 Å². The van der Waals surface area contributed by atoms with Gasteiger partial charge in [-0.3, -0.25) is 0 Å². The summed E-state index contributed by atoms with van der Waals surface area (Å²) >= 11 is 1.96. The van der Waals surface area contributed by atoms with E-state index in [-0.39, 0.29) is 10.3 Å². The van der Waals surface area contributed by atoms with Gasteiger partial charge in [-0.1, -0.05) is 64.3 Å². The molecule has 0 amide bonds. The number of thioether (sulfide) groups is 1. The molecule has 1 unspecified atom stereocenters. The van der Waals surface area contributed by atoms with E-state index in [0.29, 0.717) is 24.9 Å². The molecular weight excluding hydrogens is 424 g/mol. The van der Waals surface area contributed by atoms with Crippen molar-refractivity contribution in [3.63, 3.8) is 0 Å². The molecule has 2 aromatic rings. The van der Waals surface area contributed by atoms with Gasteiger partial charge in [0, 0.05) is 18.4 Å². The van der Waals surface area contributed by atoms with Gasteiger partial charge in [0.2, 0.25) is 0 Å². The van der Waals surface area contributed by atoms with Crippen LogP contribution in [0.3, 0.4) is 0 Å². The molecule has 1 aliphatic rings. The lowest BCUT2D eigenvalue weighted by Gasteiger charge is -2.38. The van der Waals surface area contributed by atoms with E-state index in [2.05, 4.69) is 50.4 Å². The van der Waals surface area contributed by atoms with Gasteiger partial charge in [-0.05, 0) is 59.9 Å². The van der Waals surface area contributed by atoms with Gasteiger partial charge in [-0.2, -0.15) is 0 Å². The van der Waals surface area contributed by atoms with E-state index < -0.39 is 17.7 Å². The number of nitrogens with one attached hydrogen (secondary N) is 1. The first-order valence-electron chi connectivity index (χ1n) is 11.8. The quantitative estimate of drug-likeness (QED) is 0.406. The number of hydrogen-bond donors (Lipinski definition) is 2. The zero-order valence-corrected chi connectivity index (χ0v) is 20.4. The maximum atomic E-state index is 13.4. The highest BCUT2D eigenvalue weighted by atomic mass is 32.2. The van der Waals surface area contributed by atoms with Gasteiger partial charge >= 0.3 is 0 Å². The fourth-order valence-corrected chi connectivity index (χ4v) is 5.72. The minimum atomic E-state index is -0.569. The van der Waals surface area contributed by atoms with Crippen LogP contribution < -0.4 is 5.32 Å². The predicted octanol–water partition coefficient (Wildman–Crippen LogP) is 6.74. The highest BCUT2D eigenvalue weighted by Crippen LogP contribution is 2.39. The number of aliphatic hydroxyl groups is 1. The SMILES string of the molecule is CC(C)(C)c1cccc(CSC2(NCC(O)CCc3cc(F)cc(F)c3)CCCCC2)c1. The van der Waals surface area contributed by atoms with Crippen LogP contribution >= 0.6 is 11.8 Å². The Morgan fingerprint density at radius 1 is 1.00 bits per heavy atom. The molecule has 1 saturated carbocycles. The Balaban J connectivity index is 1.56. The predicted molar refractivity (Wildman–Crippen MR) is 131 cm³/mol. The summed E-state index contributed by atoms with van der Waals surface area (Å²) in [7, 11) is 0. The molecule has 176 valence electrons. The van der Waals surface area contributed by atoms with E-state index in [1.807, 2.05) is 11.8 Å². The smallest absolute Gasteiger partial charge is 0.126 e. The second kappa shape index (κ2) is 11.1. The maximum absolute atomic E-state index is 13.4. The van der Waals surface area contributed by atoms with Crippen molar-refractivity contribution in [2.45, 2.75) is 87.9 Å². The number of halogens is 2. The maximum Gasteiger partial charge on any atom is 0.126 e. The zero-order chi connectivity index (χ0) is 23.2. The van der Waals surface area contributed by atoms with Crippen LogP contribution in [-0.4, -0.2) is 22.6 Å². The summed E-state index contributed by atoms with van der Waals surface area (Å²) in [4.78, 5) is -0.0259. The van der Waals surface area contributed by atoms with Crippen molar-refractivity contribution < 1.29 is 13.9 Å². The summed E-state index contributed by atoms with van der Waals surface area (Å²) in [5.74, 6) is -0.198. The van der Waals surface area contributed by atoms with Crippen LogP contribution in [0.2, 0.25) is 0 Å². The van der Waals surface area contributed by atoms with Crippen molar-refractivity contribution in [3.8, 4) is 0 Å². The first kappa shape index (κ1) is 25.2. The molecule has 0 saturated heterocycles. The summed E-state index contributed by atoms with van der Waals surface area (Å²) in [6.45, 7) is 7.21. The van der Waals surface area contributed by atoms with Crippen LogP contribution in [0.5, 0.6) is 0 Å². The first-order valence-corrected chi connectivity index (χ1v) is 12.8. The molecule has 2 aromatic carbocycles. The molecule has 0 aromatic heterocycles. The Labute approximate surface area is 196 Å². The van der Waals surface area contributed by atoms with Crippen LogP contribution in [0.15, 0.2) is 42.5 Å². The number of rotatable bonds is 9. The van der Waals surface area contributed by atoms with Crippen molar-refractivity contribution in [3.05, 3.63) is 70.8 Å². The highest BCUT2D eigenvalue weighted by Gasteiger charge is 2.32. The van der Waals surface area contributed by atoms with E-state index in [1.54, 1.807) is 0 Å². The molecule has 1 aliphatic carbocycles. The Morgan fingerprint density at radius 2 is 1.69 bits per heavy atom. The van der Waals surface area contributed by atoms with Crippen molar-refractivity contribution in [2.75, 3.05) is 6.54 Å². The zero-order valence-electron chi connectivity index (χ0n) is 19.6. The van der Waals surface area contributed by atoms with Gasteiger partial charge < -0.3 is 10.4 Å². The number of aryl methyl sites for hydroxylation is 1.